The van der Waals surface area contributed by atoms with Crippen molar-refractivity contribution < 1.29 is 4.74 Å². The van der Waals surface area contributed by atoms with Crippen LogP contribution in [0.1, 0.15) is 18.9 Å². The first-order valence-corrected chi connectivity index (χ1v) is 5.78. The molecule has 0 atom stereocenters. The SMILES string of the molecule is C=CN/C=C(C)/C=C1\CCOc2ccccc21. The van der Waals surface area contributed by atoms with E-state index in [0.717, 1.165) is 18.8 Å². The van der Waals surface area contributed by atoms with E-state index in [1.54, 1.807) is 6.20 Å². The highest BCUT2D eigenvalue weighted by atomic mass is 16.5. The molecular formula is C15H17NO. The van der Waals surface area contributed by atoms with Gasteiger partial charge in [-0.1, -0.05) is 30.9 Å². The predicted molar refractivity (Wildman–Crippen MR) is 71.6 cm³/mol. The Kier molecular flexibility index (Phi) is 3.66. The Labute approximate surface area is 102 Å². The van der Waals surface area contributed by atoms with E-state index in [2.05, 4.69) is 31.0 Å². The summed E-state index contributed by atoms with van der Waals surface area (Å²) in [6, 6.07) is 8.17. The maximum atomic E-state index is 5.62. The lowest BCUT2D eigenvalue weighted by Crippen LogP contribution is -2.07. The highest BCUT2D eigenvalue weighted by Crippen LogP contribution is 2.32. The van der Waals surface area contributed by atoms with Gasteiger partial charge in [-0.15, -0.1) is 0 Å². The van der Waals surface area contributed by atoms with Crippen LogP contribution in [0.15, 0.2) is 54.9 Å². The molecule has 0 spiro atoms. The maximum absolute atomic E-state index is 5.62. The Bertz CT molecular complexity index is 472. The number of nitrogens with one attached hydrogen (secondary N) is 1. The fourth-order valence-corrected chi connectivity index (χ4v) is 1.92. The third-order valence-corrected chi connectivity index (χ3v) is 2.69. The minimum absolute atomic E-state index is 0.755. The number of rotatable bonds is 3. The van der Waals surface area contributed by atoms with Gasteiger partial charge in [-0.2, -0.15) is 0 Å². The summed E-state index contributed by atoms with van der Waals surface area (Å²) in [7, 11) is 0. The molecule has 0 bridgehead atoms. The molecule has 2 heteroatoms. The molecule has 0 unspecified atom stereocenters. The van der Waals surface area contributed by atoms with Crippen LogP contribution < -0.4 is 10.1 Å². The molecule has 0 fully saturated rings. The summed E-state index contributed by atoms with van der Waals surface area (Å²) < 4.78 is 5.62. The Hall–Kier alpha value is -1.96. The van der Waals surface area contributed by atoms with E-state index in [4.69, 9.17) is 4.74 Å². The summed E-state index contributed by atoms with van der Waals surface area (Å²) in [5.74, 6) is 0.981. The van der Waals surface area contributed by atoms with Gasteiger partial charge >= 0.3 is 0 Å². The molecule has 1 aromatic carbocycles. The Morgan fingerprint density at radius 3 is 3.06 bits per heavy atom. The molecule has 17 heavy (non-hydrogen) atoms. The van der Waals surface area contributed by atoms with Crippen LogP contribution >= 0.6 is 0 Å². The second kappa shape index (κ2) is 5.39. The van der Waals surface area contributed by atoms with Crippen molar-refractivity contribution >= 4 is 5.57 Å². The van der Waals surface area contributed by atoms with Crippen LogP contribution in [-0.4, -0.2) is 6.61 Å². The molecule has 0 saturated heterocycles. The van der Waals surface area contributed by atoms with Crippen molar-refractivity contribution in [2.75, 3.05) is 6.61 Å². The molecule has 1 aliphatic heterocycles. The monoisotopic (exact) mass is 227 g/mol. The van der Waals surface area contributed by atoms with Gasteiger partial charge in [0, 0.05) is 18.2 Å². The number of para-hydroxylation sites is 1. The minimum atomic E-state index is 0.755. The van der Waals surface area contributed by atoms with E-state index in [1.165, 1.54) is 16.7 Å². The second-order valence-corrected chi connectivity index (χ2v) is 4.02. The molecule has 2 nitrogen and oxygen atoms in total. The van der Waals surface area contributed by atoms with E-state index >= 15 is 0 Å². The summed E-state index contributed by atoms with van der Waals surface area (Å²) >= 11 is 0. The highest BCUT2D eigenvalue weighted by Gasteiger charge is 2.13. The molecule has 0 saturated carbocycles. The second-order valence-electron chi connectivity index (χ2n) is 4.02. The van der Waals surface area contributed by atoms with Crippen molar-refractivity contribution in [2.24, 2.45) is 0 Å². The number of hydrogen-bond donors (Lipinski definition) is 1. The number of ether oxygens (including phenoxy) is 1. The molecule has 88 valence electrons. The van der Waals surface area contributed by atoms with Crippen molar-refractivity contribution in [2.45, 2.75) is 13.3 Å². The Balaban J connectivity index is 2.29. The fraction of sp³-hybridized carbons (Fsp3) is 0.200. The first kappa shape index (κ1) is 11.5. The Morgan fingerprint density at radius 1 is 1.41 bits per heavy atom. The summed E-state index contributed by atoms with van der Waals surface area (Å²) in [6.45, 7) is 6.44. The van der Waals surface area contributed by atoms with Gasteiger partial charge in [-0.3, -0.25) is 0 Å². The topological polar surface area (TPSA) is 21.3 Å². The van der Waals surface area contributed by atoms with Crippen LogP contribution in [0.2, 0.25) is 0 Å². The van der Waals surface area contributed by atoms with Crippen LogP contribution in [0, 0.1) is 0 Å². The molecule has 0 aliphatic carbocycles. The Morgan fingerprint density at radius 2 is 2.24 bits per heavy atom. The van der Waals surface area contributed by atoms with Crippen LogP contribution in [0.5, 0.6) is 5.75 Å². The first-order chi connectivity index (χ1) is 8.31. The standard InChI is InChI=1S/C15H17NO/c1-3-16-11-12(2)10-13-8-9-17-15-7-5-4-6-14(13)15/h3-7,10-11,16H,1,8-9H2,2H3/b12-11+,13-10+. The third-order valence-electron chi connectivity index (χ3n) is 2.69. The van der Waals surface area contributed by atoms with Gasteiger partial charge in [0.05, 0.1) is 6.61 Å². The van der Waals surface area contributed by atoms with Gasteiger partial charge < -0.3 is 10.1 Å². The molecule has 1 N–H and O–H groups in total. The highest BCUT2D eigenvalue weighted by molar-refractivity contribution is 5.73. The van der Waals surface area contributed by atoms with E-state index in [0.29, 0.717) is 0 Å². The fourth-order valence-electron chi connectivity index (χ4n) is 1.92. The van der Waals surface area contributed by atoms with Gasteiger partial charge in [0.15, 0.2) is 0 Å². The quantitative estimate of drug-likeness (QED) is 0.853. The van der Waals surface area contributed by atoms with Gasteiger partial charge in [-0.25, -0.2) is 0 Å². The molecule has 0 amide bonds. The largest absolute Gasteiger partial charge is 0.493 e. The minimum Gasteiger partial charge on any atom is -0.493 e. The zero-order chi connectivity index (χ0) is 12.1. The predicted octanol–water partition coefficient (Wildman–Crippen LogP) is 3.49. The average Bonchev–Trinajstić information content (AvgIpc) is 2.37. The smallest absolute Gasteiger partial charge is 0.126 e. The molecule has 2 rings (SSSR count). The number of fused-ring (bicyclic) bond motifs is 1. The van der Waals surface area contributed by atoms with Crippen molar-refractivity contribution in [3.8, 4) is 5.75 Å². The van der Waals surface area contributed by atoms with E-state index in [1.807, 2.05) is 24.4 Å². The zero-order valence-corrected chi connectivity index (χ0v) is 10.1. The first-order valence-electron chi connectivity index (χ1n) is 5.78. The molecular weight excluding hydrogens is 210 g/mol. The summed E-state index contributed by atoms with van der Waals surface area (Å²) in [5.41, 5.74) is 3.70. The van der Waals surface area contributed by atoms with Crippen molar-refractivity contribution in [1.82, 2.24) is 5.32 Å². The van der Waals surface area contributed by atoms with Crippen molar-refractivity contribution in [3.63, 3.8) is 0 Å². The molecule has 1 heterocycles. The number of allylic oxidation sites excluding steroid dienone is 2. The molecule has 1 aliphatic rings. The normalized spacial score (nSPS) is 17.2. The van der Waals surface area contributed by atoms with Crippen LogP contribution in [-0.2, 0) is 0 Å². The van der Waals surface area contributed by atoms with E-state index < -0.39 is 0 Å². The number of hydrogen-bond acceptors (Lipinski definition) is 2. The third kappa shape index (κ3) is 2.78. The van der Waals surface area contributed by atoms with Gasteiger partial charge in [0.1, 0.15) is 5.75 Å². The van der Waals surface area contributed by atoms with Gasteiger partial charge in [0.25, 0.3) is 0 Å². The lowest BCUT2D eigenvalue weighted by Gasteiger charge is -2.20. The lowest BCUT2D eigenvalue weighted by atomic mass is 9.98. The van der Waals surface area contributed by atoms with Crippen LogP contribution in [0.25, 0.3) is 5.57 Å². The average molecular weight is 227 g/mol. The number of benzene rings is 1. The summed E-state index contributed by atoms with van der Waals surface area (Å²) in [4.78, 5) is 0. The summed E-state index contributed by atoms with van der Waals surface area (Å²) in [5, 5.41) is 2.99. The van der Waals surface area contributed by atoms with E-state index in [-0.39, 0.29) is 0 Å². The van der Waals surface area contributed by atoms with Crippen molar-refractivity contribution in [1.29, 1.82) is 0 Å². The van der Waals surface area contributed by atoms with E-state index in [9.17, 15) is 0 Å². The van der Waals surface area contributed by atoms with Gasteiger partial charge in [0.2, 0.25) is 0 Å². The van der Waals surface area contributed by atoms with Crippen LogP contribution in [0.4, 0.5) is 0 Å². The van der Waals surface area contributed by atoms with Crippen molar-refractivity contribution in [3.05, 3.63) is 60.5 Å². The molecule has 0 radical (unpaired) electrons. The zero-order valence-electron chi connectivity index (χ0n) is 10.1. The van der Waals surface area contributed by atoms with Gasteiger partial charge in [-0.05, 0) is 30.3 Å². The van der Waals surface area contributed by atoms with Crippen LogP contribution in [0.3, 0.4) is 0 Å². The maximum Gasteiger partial charge on any atom is 0.126 e. The lowest BCUT2D eigenvalue weighted by molar-refractivity contribution is 0.316. The summed E-state index contributed by atoms with van der Waals surface area (Å²) in [6.07, 6.45) is 6.76. The molecule has 0 aromatic heterocycles. The molecule has 1 aromatic rings.